The number of hydrogen-bond acceptors (Lipinski definition) is 5. The van der Waals surface area contributed by atoms with Crippen molar-refractivity contribution in [3.8, 4) is 0 Å². The van der Waals surface area contributed by atoms with Crippen molar-refractivity contribution in [3.05, 3.63) is 137 Å². The fourth-order valence-corrected chi connectivity index (χ4v) is 6.40. The van der Waals surface area contributed by atoms with E-state index in [0.717, 1.165) is 27.6 Å². The third kappa shape index (κ3) is 4.49. The molecule has 0 spiro atoms. The van der Waals surface area contributed by atoms with Crippen LogP contribution in [0, 0.1) is 5.82 Å². The lowest BCUT2D eigenvalue weighted by molar-refractivity contribution is -0.136. The number of halogens is 2. The van der Waals surface area contributed by atoms with Crippen LogP contribution in [0.25, 0.3) is 17.0 Å². The summed E-state index contributed by atoms with van der Waals surface area (Å²) in [5, 5.41) is 1.31. The second-order valence-corrected chi connectivity index (χ2v) is 10.9. The van der Waals surface area contributed by atoms with Crippen LogP contribution in [0.4, 0.5) is 4.39 Å². The van der Waals surface area contributed by atoms with Crippen molar-refractivity contribution in [1.82, 2.24) is 9.13 Å². The highest BCUT2D eigenvalue weighted by Gasteiger charge is 2.33. The van der Waals surface area contributed by atoms with Gasteiger partial charge in [-0.05, 0) is 42.3 Å². The van der Waals surface area contributed by atoms with Crippen molar-refractivity contribution >= 4 is 45.9 Å². The highest BCUT2D eigenvalue weighted by Crippen LogP contribution is 2.30. The van der Waals surface area contributed by atoms with E-state index in [0.29, 0.717) is 32.2 Å². The van der Waals surface area contributed by atoms with Crippen LogP contribution in [0.5, 0.6) is 0 Å². The maximum atomic E-state index is 13.9. The Labute approximate surface area is 237 Å². The average molecular weight is 572 g/mol. The zero-order valence-electron chi connectivity index (χ0n) is 21.6. The normalized spacial score (nSPS) is 15.3. The molecule has 0 saturated heterocycles. The predicted octanol–water partition coefficient (Wildman–Crippen LogP) is 5.20. The predicted molar refractivity (Wildman–Crippen MR) is 155 cm³/mol. The van der Waals surface area contributed by atoms with Gasteiger partial charge in [0.1, 0.15) is 5.82 Å². The van der Waals surface area contributed by atoms with Gasteiger partial charge in [-0.1, -0.05) is 77.5 Å². The molecule has 0 bridgehead atoms. The molecule has 6 nitrogen and oxygen atoms in total. The number of ether oxygens (including phenoxy) is 1. The molecular weight excluding hydrogens is 549 g/mol. The number of allylic oxidation sites excluding steroid dienone is 1. The van der Waals surface area contributed by atoms with Gasteiger partial charge in [0.25, 0.3) is 5.56 Å². The third-order valence-electron chi connectivity index (χ3n) is 7.00. The van der Waals surface area contributed by atoms with E-state index in [9.17, 15) is 14.0 Å². The molecule has 9 heteroatoms. The summed E-state index contributed by atoms with van der Waals surface area (Å²) in [6.45, 7) is 2.19. The molecule has 0 aliphatic carbocycles. The highest BCUT2D eigenvalue weighted by molar-refractivity contribution is 7.07. The molecule has 5 aromatic rings. The van der Waals surface area contributed by atoms with Crippen LogP contribution in [0.1, 0.15) is 29.7 Å². The number of thiazole rings is 1. The summed E-state index contributed by atoms with van der Waals surface area (Å²) >= 11 is 7.59. The van der Waals surface area contributed by atoms with Crippen LogP contribution in [-0.2, 0) is 16.1 Å². The third-order valence-corrected chi connectivity index (χ3v) is 8.34. The highest BCUT2D eigenvalue weighted by atomic mass is 35.5. The first kappa shape index (κ1) is 26.0. The Hall–Kier alpha value is -4.27. The first-order chi connectivity index (χ1) is 19.4. The van der Waals surface area contributed by atoms with Gasteiger partial charge in [-0.3, -0.25) is 9.36 Å². The van der Waals surface area contributed by atoms with Crippen molar-refractivity contribution in [3.63, 3.8) is 0 Å². The summed E-state index contributed by atoms with van der Waals surface area (Å²) in [5.41, 5.74) is 3.97. The van der Waals surface area contributed by atoms with E-state index in [1.54, 1.807) is 17.6 Å². The van der Waals surface area contributed by atoms with E-state index in [-0.39, 0.29) is 11.4 Å². The molecule has 1 unspecified atom stereocenters. The Bertz CT molecular complexity index is 2010. The fraction of sp³-hybridized carbons (Fsp3) is 0.129. The van der Waals surface area contributed by atoms with Crippen LogP contribution in [-0.4, -0.2) is 22.2 Å². The molecule has 40 heavy (non-hydrogen) atoms. The number of para-hydroxylation sites is 1. The van der Waals surface area contributed by atoms with Gasteiger partial charge in [0.2, 0.25) is 0 Å². The van der Waals surface area contributed by atoms with E-state index in [1.807, 2.05) is 71.4 Å². The number of rotatable bonds is 5. The van der Waals surface area contributed by atoms with Gasteiger partial charge in [-0.15, -0.1) is 0 Å². The molecular formula is C31H23ClFN3O3S. The maximum absolute atomic E-state index is 13.9. The molecule has 0 saturated carbocycles. The second kappa shape index (κ2) is 10.4. The fourth-order valence-electron chi connectivity index (χ4n) is 5.14. The number of esters is 1. The number of hydrogen-bond donors (Lipinski definition) is 0. The quantitative estimate of drug-likeness (QED) is 0.272. The second-order valence-electron chi connectivity index (χ2n) is 9.45. The standard InChI is InChI=1S/C31H23ClFN3O3S/c1-18-27(30(38)39-2)28(19-8-4-3-5-9-19)36-29(37)26(40-31(36)34-18)14-21-17-35(25-11-7-6-10-23(21)25)16-20-12-13-22(33)15-24(20)32/h3-15,17,28H,16H2,1-2H3. The maximum Gasteiger partial charge on any atom is 0.338 e. The summed E-state index contributed by atoms with van der Waals surface area (Å²) in [4.78, 5) is 31.9. The monoisotopic (exact) mass is 571 g/mol. The lowest BCUT2D eigenvalue weighted by Gasteiger charge is -2.24. The molecule has 0 radical (unpaired) electrons. The van der Waals surface area contributed by atoms with Crippen molar-refractivity contribution in [2.75, 3.05) is 7.11 Å². The van der Waals surface area contributed by atoms with Crippen LogP contribution in [0.3, 0.4) is 0 Å². The summed E-state index contributed by atoms with van der Waals surface area (Å²) in [5.74, 6) is -0.909. The Kier molecular flexibility index (Phi) is 6.73. The van der Waals surface area contributed by atoms with Crippen molar-refractivity contribution in [2.45, 2.75) is 19.5 Å². The SMILES string of the molecule is COC(=O)C1=C(C)N=c2sc(=Cc3cn(Cc4ccc(F)cc4Cl)c4ccccc34)c(=O)n2C1c1ccccc1. The molecule has 1 atom stereocenters. The van der Waals surface area contributed by atoms with Crippen LogP contribution in [0.2, 0.25) is 5.02 Å². The number of carbonyl (C=O) groups excluding carboxylic acids is 1. The van der Waals surface area contributed by atoms with Crippen LogP contribution >= 0.6 is 22.9 Å². The van der Waals surface area contributed by atoms with E-state index in [1.165, 1.54) is 30.6 Å². The van der Waals surface area contributed by atoms with Crippen molar-refractivity contribution in [1.29, 1.82) is 0 Å². The van der Waals surface area contributed by atoms with Crippen molar-refractivity contribution in [2.24, 2.45) is 4.99 Å². The zero-order valence-corrected chi connectivity index (χ0v) is 23.2. The van der Waals surface area contributed by atoms with E-state index < -0.39 is 12.0 Å². The topological polar surface area (TPSA) is 65.6 Å². The summed E-state index contributed by atoms with van der Waals surface area (Å²) < 4.78 is 22.8. The van der Waals surface area contributed by atoms with E-state index in [2.05, 4.69) is 4.99 Å². The number of nitrogens with zero attached hydrogens (tertiary/aromatic N) is 3. The first-order valence-electron chi connectivity index (χ1n) is 12.5. The zero-order chi connectivity index (χ0) is 28.0. The minimum atomic E-state index is -0.658. The Morgan fingerprint density at radius 1 is 1.12 bits per heavy atom. The minimum absolute atomic E-state index is 0.245. The van der Waals surface area contributed by atoms with E-state index >= 15 is 0 Å². The summed E-state index contributed by atoms with van der Waals surface area (Å²) in [7, 11) is 1.32. The molecule has 1 aliphatic heterocycles. The van der Waals surface area contributed by atoms with Crippen LogP contribution < -0.4 is 14.9 Å². The summed E-state index contributed by atoms with van der Waals surface area (Å²) in [6, 6.07) is 21.0. The molecule has 6 rings (SSSR count). The molecule has 3 heterocycles. The van der Waals surface area contributed by atoms with Gasteiger partial charge >= 0.3 is 5.97 Å². The number of methoxy groups -OCH3 is 1. The Morgan fingerprint density at radius 2 is 1.88 bits per heavy atom. The number of carbonyl (C=O) groups is 1. The molecule has 0 amide bonds. The first-order valence-corrected chi connectivity index (χ1v) is 13.7. The smallest absolute Gasteiger partial charge is 0.338 e. The number of benzene rings is 3. The van der Waals surface area contributed by atoms with Crippen molar-refractivity contribution < 1.29 is 13.9 Å². The molecule has 1 aliphatic rings. The summed E-state index contributed by atoms with van der Waals surface area (Å²) in [6.07, 6.45) is 3.82. The molecule has 0 fully saturated rings. The molecule has 3 aromatic carbocycles. The largest absolute Gasteiger partial charge is 0.466 e. The minimum Gasteiger partial charge on any atom is -0.466 e. The Balaban J connectivity index is 1.52. The lowest BCUT2D eigenvalue weighted by atomic mass is 9.96. The Morgan fingerprint density at radius 3 is 2.62 bits per heavy atom. The average Bonchev–Trinajstić information content (AvgIpc) is 3.46. The number of aromatic nitrogens is 2. The number of fused-ring (bicyclic) bond motifs is 2. The van der Waals surface area contributed by atoms with E-state index in [4.69, 9.17) is 16.3 Å². The van der Waals surface area contributed by atoms with Gasteiger partial charge in [0.15, 0.2) is 4.80 Å². The van der Waals surface area contributed by atoms with Gasteiger partial charge in [-0.25, -0.2) is 14.2 Å². The van der Waals surface area contributed by atoms with Gasteiger partial charge in [0, 0.05) is 34.2 Å². The molecule has 200 valence electrons. The van der Waals surface area contributed by atoms with Gasteiger partial charge in [0.05, 0.1) is 29.0 Å². The molecule has 2 aromatic heterocycles. The lowest BCUT2D eigenvalue weighted by Crippen LogP contribution is -2.39. The van der Waals surface area contributed by atoms with Gasteiger partial charge in [-0.2, -0.15) is 0 Å². The van der Waals surface area contributed by atoms with Crippen LogP contribution in [0.15, 0.2) is 100 Å². The van der Waals surface area contributed by atoms with Gasteiger partial charge < -0.3 is 9.30 Å². The molecule has 0 N–H and O–H groups in total.